The van der Waals surface area contributed by atoms with Gasteiger partial charge in [0.1, 0.15) is 6.61 Å². The van der Waals surface area contributed by atoms with E-state index in [9.17, 15) is 4.79 Å². The highest BCUT2D eigenvalue weighted by atomic mass is 127. The first-order chi connectivity index (χ1) is 8.16. The number of carbonyl (C=O) groups excluding carboxylic acids is 1. The zero-order chi connectivity index (χ0) is 12.3. The average Bonchev–Trinajstić information content (AvgIpc) is 2.82. The van der Waals surface area contributed by atoms with E-state index in [0.29, 0.717) is 17.9 Å². The monoisotopic (exact) mass is 347 g/mol. The molecule has 1 fully saturated rings. The largest absolute Gasteiger partial charge is 0.459 e. The van der Waals surface area contributed by atoms with Crippen molar-refractivity contribution in [2.24, 2.45) is 0 Å². The van der Waals surface area contributed by atoms with Crippen LogP contribution in [0.1, 0.15) is 23.2 Å². The Labute approximate surface area is 114 Å². The molecular weight excluding hydrogens is 333 g/mol. The number of hydrogen-bond donors (Lipinski definition) is 1. The van der Waals surface area contributed by atoms with Crippen LogP contribution in [0.5, 0.6) is 0 Å². The lowest BCUT2D eigenvalue weighted by molar-refractivity contribution is 0.0162. The molecule has 0 bridgehead atoms. The summed E-state index contributed by atoms with van der Waals surface area (Å²) in [5.74, 6) is -0.378. The van der Waals surface area contributed by atoms with Crippen molar-refractivity contribution in [3.8, 4) is 0 Å². The molecule has 0 radical (unpaired) electrons. The summed E-state index contributed by atoms with van der Waals surface area (Å²) in [5, 5.41) is 0. The fourth-order valence-electron chi connectivity index (χ4n) is 1.73. The van der Waals surface area contributed by atoms with Gasteiger partial charge in [0.2, 0.25) is 0 Å². The Bertz CT molecular complexity index is 416. The zero-order valence-corrected chi connectivity index (χ0v) is 11.5. The summed E-state index contributed by atoms with van der Waals surface area (Å²) in [6, 6.07) is 5.30. The van der Waals surface area contributed by atoms with Crippen molar-refractivity contribution in [1.29, 1.82) is 0 Å². The van der Waals surface area contributed by atoms with Gasteiger partial charge in [-0.2, -0.15) is 0 Å². The number of hydrogen-bond acceptors (Lipinski definition) is 4. The van der Waals surface area contributed by atoms with Gasteiger partial charge in [-0.3, -0.25) is 0 Å². The Hall–Kier alpha value is -0.820. The number of esters is 1. The number of carbonyl (C=O) groups is 1. The van der Waals surface area contributed by atoms with Gasteiger partial charge in [-0.25, -0.2) is 4.79 Å². The summed E-state index contributed by atoms with van der Waals surface area (Å²) >= 11 is 2.13. The van der Waals surface area contributed by atoms with Gasteiger partial charge in [0, 0.05) is 15.9 Å². The molecular formula is C12H14INO3. The van der Waals surface area contributed by atoms with Crippen molar-refractivity contribution in [3.63, 3.8) is 0 Å². The Morgan fingerprint density at radius 1 is 1.59 bits per heavy atom. The molecule has 92 valence electrons. The number of benzene rings is 1. The lowest BCUT2D eigenvalue weighted by Crippen LogP contribution is -2.18. The molecule has 0 aromatic heterocycles. The van der Waals surface area contributed by atoms with E-state index in [1.807, 2.05) is 6.07 Å². The van der Waals surface area contributed by atoms with Gasteiger partial charge >= 0.3 is 5.97 Å². The minimum Gasteiger partial charge on any atom is -0.459 e. The van der Waals surface area contributed by atoms with Crippen molar-refractivity contribution in [3.05, 3.63) is 27.3 Å². The van der Waals surface area contributed by atoms with E-state index < -0.39 is 0 Å². The highest BCUT2D eigenvalue weighted by Crippen LogP contribution is 2.18. The van der Waals surface area contributed by atoms with Gasteiger partial charge < -0.3 is 15.2 Å². The van der Waals surface area contributed by atoms with Gasteiger partial charge in [-0.15, -0.1) is 0 Å². The molecule has 2 rings (SSSR count). The molecule has 1 saturated heterocycles. The van der Waals surface area contributed by atoms with E-state index in [0.717, 1.165) is 23.0 Å². The smallest absolute Gasteiger partial charge is 0.340 e. The van der Waals surface area contributed by atoms with Crippen LogP contribution < -0.4 is 5.73 Å². The van der Waals surface area contributed by atoms with E-state index in [4.69, 9.17) is 15.2 Å². The highest BCUT2D eigenvalue weighted by molar-refractivity contribution is 14.1. The van der Waals surface area contributed by atoms with Gasteiger partial charge in [0.15, 0.2) is 0 Å². The fraction of sp³-hybridized carbons (Fsp3) is 0.417. The third-order valence-electron chi connectivity index (χ3n) is 2.66. The van der Waals surface area contributed by atoms with E-state index in [1.54, 1.807) is 12.1 Å². The van der Waals surface area contributed by atoms with Crippen LogP contribution in [-0.4, -0.2) is 25.3 Å². The van der Waals surface area contributed by atoms with Crippen molar-refractivity contribution in [2.75, 3.05) is 18.9 Å². The summed E-state index contributed by atoms with van der Waals surface area (Å²) in [5.41, 5.74) is 6.61. The first kappa shape index (κ1) is 12.6. The van der Waals surface area contributed by atoms with Gasteiger partial charge in [0.25, 0.3) is 0 Å². The van der Waals surface area contributed by atoms with Gasteiger partial charge in [-0.05, 0) is 53.6 Å². The molecule has 0 amide bonds. The predicted octanol–water partition coefficient (Wildman–Crippen LogP) is 2.21. The fourth-order valence-corrected chi connectivity index (χ4v) is 2.22. The molecule has 0 aliphatic carbocycles. The lowest BCUT2D eigenvalue weighted by atomic mass is 10.2. The molecule has 4 nitrogen and oxygen atoms in total. The first-order valence-corrected chi connectivity index (χ1v) is 6.58. The summed E-state index contributed by atoms with van der Waals surface area (Å²) in [6.45, 7) is 1.07. The van der Waals surface area contributed by atoms with Crippen LogP contribution in [0.4, 0.5) is 5.69 Å². The Balaban J connectivity index is 1.96. The third-order valence-corrected chi connectivity index (χ3v) is 3.33. The maximum absolute atomic E-state index is 11.8. The van der Waals surface area contributed by atoms with Crippen LogP contribution in [0.3, 0.4) is 0 Å². The summed E-state index contributed by atoms with van der Waals surface area (Å²) < 4.78 is 11.5. The maximum atomic E-state index is 11.8. The standard InChI is InChI=1S/C12H14INO3/c13-8-3-4-11(14)10(6-8)12(15)17-7-9-2-1-5-16-9/h3-4,6,9H,1-2,5,7,14H2. The summed E-state index contributed by atoms with van der Waals surface area (Å²) in [7, 11) is 0. The first-order valence-electron chi connectivity index (χ1n) is 5.50. The third kappa shape index (κ3) is 3.32. The molecule has 2 N–H and O–H groups in total. The number of ether oxygens (including phenoxy) is 2. The van der Waals surface area contributed by atoms with Crippen LogP contribution in [0, 0.1) is 3.57 Å². The molecule has 0 saturated carbocycles. The van der Waals surface area contributed by atoms with Crippen LogP contribution in [0.2, 0.25) is 0 Å². The van der Waals surface area contributed by atoms with Crippen LogP contribution in [0.15, 0.2) is 18.2 Å². The molecule has 1 aromatic rings. The second-order valence-electron chi connectivity index (χ2n) is 3.97. The lowest BCUT2D eigenvalue weighted by Gasteiger charge is -2.11. The van der Waals surface area contributed by atoms with Crippen molar-refractivity contribution in [1.82, 2.24) is 0 Å². The minimum atomic E-state index is -0.378. The number of halogens is 1. The number of anilines is 1. The molecule has 17 heavy (non-hydrogen) atoms. The topological polar surface area (TPSA) is 61.6 Å². The molecule has 1 aliphatic rings. The predicted molar refractivity (Wildman–Crippen MR) is 72.8 cm³/mol. The number of nitrogen functional groups attached to an aromatic ring is 1. The van der Waals surface area contributed by atoms with Crippen molar-refractivity contribution >= 4 is 34.2 Å². The molecule has 1 aromatic carbocycles. The molecule has 5 heteroatoms. The van der Waals surface area contributed by atoms with Crippen LogP contribution in [0.25, 0.3) is 0 Å². The normalized spacial score (nSPS) is 19.2. The molecule has 1 unspecified atom stereocenters. The molecule has 1 aliphatic heterocycles. The average molecular weight is 347 g/mol. The second kappa shape index (κ2) is 5.68. The Kier molecular flexibility index (Phi) is 4.22. The highest BCUT2D eigenvalue weighted by Gasteiger charge is 2.19. The van der Waals surface area contributed by atoms with Crippen molar-refractivity contribution < 1.29 is 14.3 Å². The minimum absolute atomic E-state index is 0.0444. The quantitative estimate of drug-likeness (QED) is 0.517. The summed E-state index contributed by atoms with van der Waals surface area (Å²) in [4.78, 5) is 11.8. The van der Waals surface area contributed by atoms with E-state index >= 15 is 0 Å². The second-order valence-corrected chi connectivity index (χ2v) is 5.21. The van der Waals surface area contributed by atoms with Crippen LogP contribution >= 0.6 is 22.6 Å². The number of nitrogens with two attached hydrogens (primary N) is 1. The SMILES string of the molecule is Nc1ccc(I)cc1C(=O)OCC1CCCO1. The zero-order valence-electron chi connectivity index (χ0n) is 9.32. The summed E-state index contributed by atoms with van der Waals surface area (Å²) in [6.07, 6.45) is 2.03. The van der Waals surface area contributed by atoms with Crippen molar-refractivity contribution in [2.45, 2.75) is 18.9 Å². The Morgan fingerprint density at radius 3 is 3.12 bits per heavy atom. The van der Waals surface area contributed by atoms with E-state index in [1.165, 1.54) is 0 Å². The van der Waals surface area contributed by atoms with Gasteiger partial charge in [0.05, 0.1) is 11.7 Å². The Morgan fingerprint density at radius 2 is 2.41 bits per heavy atom. The number of rotatable bonds is 3. The molecule has 1 atom stereocenters. The van der Waals surface area contributed by atoms with Gasteiger partial charge in [-0.1, -0.05) is 0 Å². The molecule has 1 heterocycles. The van der Waals surface area contributed by atoms with E-state index in [-0.39, 0.29) is 12.1 Å². The van der Waals surface area contributed by atoms with E-state index in [2.05, 4.69) is 22.6 Å². The maximum Gasteiger partial charge on any atom is 0.340 e. The molecule has 0 spiro atoms. The van der Waals surface area contributed by atoms with Crippen LogP contribution in [-0.2, 0) is 9.47 Å².